The summed E-state index contributed by atoms with van der Waals surface area (Å²) in [7, 11) is -6.46. The summed E-state index contributed by atoms with van der Waals surface area (Å²) in [6.07, 6.45) is 0.0254. The van der Waals surface area contributed by atoms with Crippen LogP contribution < -0.4 is 0 Å². The molecule has 0 heterocycles. The van der Waals surface area contributed by atoms with Crippen LogP contribution in [0.25, 0.3) is 0 Å². The molecule has 0 rings (SSSR count). The van der Waals surface area contributed by atoms with Crippen molar-refractivity contribution in [3.8, 4) is 0 Å². The Bertz CT molecular complexity index is 328. The first-order chi connectivity index (χ1) is 9.34. The summed E-state index contributed by atoms with van der Waals surface area (Å²) in [6, 6.07) is 0. The van der Waals surface area contributed by atoms with Gasteiger partial charge in [-0.25, -0.2) is 0 Å². The largest absolute Gasteiger partial charge is 0.334 e. The number of rotatable bonds is 12. The fourth-order valence-electron chi connectivity index (χ4n) is 1.64. The van der Waals surface area contributed by atoms with E-state index in [0.717, 1.165) is 0 Å². The van der Waals surface area contributed by atoms with E-state index in [1.165, 1.54) is 0 Å². The third-order valence-electron chi connectivity index (χ3n) is 2.14. The van der Waals surface area contributed by atoms with Crippen molar-refractivity contribution in [1.29, 1.82) is 0 Å². The van der Waals surface area contributed by atoms with Gasteiger partial charge in [0.15, 0.2) is 0 Å². The first-order valence-corrected chi connectivity index (χ1v) is 10.2. The van der Waals surface area contributed by atoms with Crippen LogP contribution >= 0.6 is 15.2 Å². The molecule has 0 aliphatic rings. The van der Waals surface area contributed by atoms with E-state index in [1.54, 1.807) is 27.7 Å². The van der Waals surface area contributed by atoms with Crippen molar-refractivity contribution in [3.05, 3.63) is 12.2 Å². The van der Waals surface area contributed by atoms with Crippen LogP contribution in [0.5, 0.6) is 0 Å². The Labute approximate surface area is 121 Å². The smallest absolute Gasteiger partial charge is 0.309 e. The van der Waals surface area contributed by atoms with Gasteiger partial charge in [0.05, 0.1) is 38.8 Å². The van der Waals surface area contributed by atoms with Gasteiger partial charge in [-0.3, -0.25) is 9.13 Å². The zero-order valence-electron chi connectivity index (χ0n) is 12.8. The van der Waals surface area contributed by atoms with Gasteiger partial charge in [-0.05, 0) is 27.7 Å². The molecule has 8 heteroatoms. The third-order valence-corrected chi connectivity index (χ3v) is 6.41. The van der Waals surface area contributed by atoms with Gasteiger partial charge in [0, 0.05) is 0 Å². The fourth-order valence-corrected chi connectivity index (χ4v) is 5.22. The number of hydrogen-bond donors (Lipinski definition) is 0. The normalized spacial score (nSPS) is 12.6. The average Bonchev–Trinajstić information content (AvgIpc) is 2.28. The zero-order chi connectivity index (χ0) is 15.6. The highest BCUT2D eigenvalue weighted by Crippen LogP contribution is 2.54. The molecule has 120 valence electrons. The highest BCUT2D eigenvalue weighted by molar-refractivity contribution is 7.55. The molecule has 0 atom stereocenters. The molecular weight excluding hydrogens is 302 g/mol. The van der Waals surface area contributed by atoms with Crippen molar-refractivity contribution in [2.75, 3.05) is 38.8 Å². The van der Waals surface area contributed by atoms with Gasteiger partial charge in [0.25, 0.3) is 0 Å². The Hall–Kier alpha value is 0.0400. The summed E-state index contributed by atoms with van der Waals surface area (Å²) in [5.41, 5.74) is 0.473. The van der Waals surface area contributed by atoms with E-state index in [0.29, 0.717) is 5.57 Å². The van der Waals surface area contributed by atoms with E-state index in [-0.39, 0.29) is 38.8 Å². The number of allylic oxidation sites excluding steroid dienone is 1. The molecule has 0 N–H and O–H groups in total. The lowest BCUT2D eigenvalue weighted by Crippen LogP contribution is -2.07. The second-order valence-electron chi connectivity index (χ2n) is 3.96. The Morgan fingerprint density at radius 2 is 1.00 bits per heavy atom. The Morgan fingerprint density at radius 3 is 1.20 bits per heavy atom. The maximum Gasteiger partial charge on any atom is 0.334 e. The Morgan fingerprint density at radius 1 is 0.750 bits per heavy atom. The minimum atomic E-state index is -3.23. The van der Waals surface area contributed by atoms with Crippen LogP contribution in [-0.2, 0) is 27.2 Å². The minimum absolute atomic E-state index is 0.0127. The van der Waals surface area contributed by atoms with Crippen LogP contribution in [0.1, 0.15) is 27.7 Å². The maximum absolute atomic E-state index is 12.3. The summed E-state index contributed by atoms with van der Waals surface area (Å²) in [6.45, 7) is 11.8. The molecular formula is C12H26O6P2. The van der Waals surface area contributed by atoms with Crippen LogP contribution in [-0.4, -0.2) is 38.8 Å². The van der Waals surface area contributed by atoms with Crippen molar-refractivity contribution in [2.45, 2.75) is 27.7 Å². The van der Waals surface area contributed by atoms with Crippen LogP contribution in [0.15, 0.2) is 12.2 Å². The molecule has 0 aromatic heterocycles. The topological polar surface area (TPSA) is 71.1 Å². The van der Waals surface area contributed by atoms with Gasteiger partial charge in [-0.15, -0.1) is 0 Å². The second-order valence-corrected chi connectivity index (χ2v) is 8.07. The molecule has 0 aliphatic heterocycles. The van der Waals surface area contributed by atoms with Crippen LogP contribution in [0, 0.1) is 0 Å². The highest BCUT2D eigenvalue weighted by Gasteiger charge is 2.30. The van der Waals surface area contributed by atoms with E-state index >= 15 is 0 Å². The second kappa shape index (κ2) is 9.88. The van der Waals surface area contributed by atoms with Gasteiger partial charge < -0.3 is 18.1 Å². The van der Waals surface area contributed by atoms with Crippen molar-refractivity contribution < 1.29 is 27.2 Å². The standard InChI is InChI=1S/C12H26O6P2/c1-6-15-19(13,16-7-2)10-12(5)11-20(14,17-8-3)18-9-4/h5-11H2,1-4H3. The van der Waals surface area contributed by atoms with Crippen LogP contribution in [0.2, 0.25) is 0 Å². The van der Waals surface area contributed by atoms with E-state index in [4.69, 9.17) is 18.1 Å². The summed E-state index contributed by atoms with van der Waals surface area (Å²) in [5, 5.41) is 0. The highest BCUT2D eigenvalue weighted by atomic mass is 31.2. The summed E-state index contributed by atoms with van der Waals surface area (Å²) in [4.78, 5) is 0. The molecule has 0 aromatic carbocycles. The molecule has 20 heavy (non-hydrogen) atoms. The van der Waals surface area contributed by atoms with Crippen molar-refractivity contribution in [3.63, 3.8) is 0 Å². The van der Waals surface area contributed by atoms with Gasteiger partial charge in [0.1, 0.15) is 0 Å². The van der Waals surface area contributed by atoms with E-state index in [2.05, 4.69) is 6.58 Å². The third kappa shape index (κ3) is 7.72. The van der Waals surface area contributed by atoms with E-state index in [1.807, 2.05) is 0 Å². The Balaban J connectivity index is 4.72. The molecule has 0 bridgehead atoms. The van der Waals surface area contributed by atoms with E-state index < -0.39 is 15.2 Å². The molecule has 6 nitrogen and oxygen atoms in total. The first-order valence-electron chi connectivity index (χ1n) is 6.77. The fraction of sp³-hybridized carbons (Fsp3) is 0.833. The summed E-state index contributed by atoms with van der Waals surface area (Å²) < 4.78 is 45.4. The SMILES string of the molecule is C=C(CP(=O)(OCC)OCC)CP(=O)(OCC)OCC. The van der Waals surface area contributed by atoms with Crippen LogP contribution in [0.4, 0.5) is 0 Å². The molecule has 0 radical (unpaired) electrons. The van der Waals surface area contributed by atoms with E-state index in [9.17, 15) is 9.13 Å². The lowest BCUT2D eigenvalue weighted by Gasteiger charge is -2.21. The zero-order valence-corrected chi connectivity index (χ0v) is 14.6. The summed E-state index contributed by atoms with van der Waals surface area (Å²) in [5.74, 6) is 0. The van der Waals surface area contributed by atoms with Gasteiger partial charge in [-0.2, -0.15) is 0 Å². The lowest BCUT2D eigenvalue weighted by atomic mass is 10.4. The average molecular weight is 328 g/mol. The summed E-state index contributed by atoms with van der Waals surface area (Å²) >= 11 is 0. The van der Waals surface area contributed by atoms with Crippen molar-refractivity contribution in [2.24, 2.45) is 0 Å². The van der Waals surface area contributed by atoms with Gasteiger partial charge in [0.2, 0.25) is 0 Å². The predicted octanol–water partition coefficient (Wildman–Crippen LogP) is 4.07. The number of hydrogen-bond acceptors (Lipinski definition) is 6. The van der Waals surface area contributed by atoms with Crippen molar-refractivity contribution >= 4 is 15.2 Å². The van der Waals surface area contributed by atoms with Gasteiger partial charge in [-0.1, -0.05) is 12.2 Å². The van der Waals surface area contributed by atoms with Gasteiger partial charge >= 0.3 is 15.2 Å². The quantitative estimate of drug-likeness (QED) is 0.397. The minimum Gasteiger partial charge on any atom is -0.309 e. The molecule has 0 spiro atoms. The Kier molecular flexibility index (Phi) is 9.90. The molecule has 0 aliphatic carbocycles. The van der Waals surface area contributed by atoms with Crippen molar-refractivity contribution in [1.82, 2.24) is 0 Å². The lowest BCUT2D eigenvalue weighted by molar-refractivity contribution is 0.220. The molecule has 0 fully saturated rings. The maximum atomic E-state index is 12.3. The predicted molar refractivity (Wildman–Crippen MR) is 80.6 cm³/mol. The molecule has 0 amide bonds. The molecule has 0 saturated heterocycles. The molecule has 0 aromatic rings. The molecule has 0 unspecified atom stereocenters. The monoisotopic (exact) mass is 328 g/mol. The van der Waals surface area contributed by atoms with Crippen LogP contribution in [0.3, 0.4) is 0 Å². The molecule has 0 saturated carbocycles. The first kappa shape index (κ1) is 20.0.